The number of amides is 1. The van der Waals surface area contributed by atoms with Crippen LogP contribution in [-0.4, -0.2) is 38.3 Å². The van der Waals surface area contributed by atoms with Crippen molar-refractivity contribution < 1.29 is 9.18 Å². The van der Waals surface area contributed by atoms with Gasteiger partial charge in [-0.2, -0.15) is 0 Å². The van der Waals surface area contributed by atoms with Gasteiger partial charge in [0.1, 0.15) is 11.5 Å². The van der Waals surface area contributed by atoms with E-state index in [0.29, 0.717) is 18.8 Å². The molecule has 4 heterocycles. The summed E-state index contributed by atoms with van der Waals surface area (Å²) in [6.07, 6.45) is 10.1. The molecule has 2 aromatic heterocycles. The van der Waals surface area contributed by atoms with Crippen molar-refractivity contribution in [2.24, 2.45) is 0 Å². The lowest BCUT2D eigenvalue weighted by Crippen LogP contribution is -2.47. The van der Waals surface area contributed by atoms with Gasteiger partial charge in [-0.15, -0.1) is 11.3 Å². The van der Waals surface area contributed by atoms with Crippen molar-refractivity contribution in [3.05, 3.63) is 64.6 Å². The molecule has 0 saturated carbocycles. The topological polar surface area (TPSA) is 59.0 Å². The van der Waals surface area contributed by atoms with Crippen molar-refractivity contribution in [3.63, 3.8) is 0 Å². The third-order valence-corrected chi connectivity index (χ3v) is 6.92. The average Bonchev–Trinajstić information content (AvgIpc) is 3.26. The first kappa shape index (κ1) is 20.6. The van der Waals surface area contributed by atoms with Gasteiger partial charge in [0.2, 0.25) is 5.91 Å². The number of carbonyl (C=O) groups excluding carboxylic acids is 1. The molecule has 1 amide bonds. The zero-order valence-electron chi connectivity index (χ0n) is 17.1. The summed E-state index contributed by atoms with van der Waals surface area (Å²) in [7, 11) is 0. The van der Waals surface area contributed by atoms with Crippen LogP contribution in [0.15, 0.2) is 59.5 Å². The molecule has 4 rings (SSSR count). The van der Waals surface area contributed by atoms with Crippen molar-refractivity contribution in [2.45, 2.75) is 51.0 Å². The number of thiazole rings is 1. The van der Waals surface area contributed by atoms with Gasteiger partial charge in [-0.05, 0) is 56.4 Å². The first-order valence-corrected chi connectivity index (χ1v) is 11.1. The van der Waals surface area contributed by atoms with Crippen LogP contribution in [0.1, 0.15) is 50.0 Å². The Balaban J connectivity index is 1.51. The highest BCUT2D eigenvalue weighted by atomic mass is 32.1. The van der Waals surface area contributed by atoms with Crippen molar-refractivity contribution >= 4 is 17.2 Å². The van der Waals surface area contributed by atoms with Crippen LogP contribution in [0.5, 0.6) is 0 Å². The van der Waals surface area contributed by atoms with E-state index in [2.05, 4.69) is 16.5 Å². The average molecular weight is 425 g/mol. The van der Waals surface area contributed by atoms with Crippen molar-refractivity contribution in [3.8, 4) is 11.5 Å². The van der Waals surface area contributed by atoms with E-state index in [1.807, 2.05) is 17.2 Å². The van der Waals surface area contributed by atoms with Crippen molar-refractivity contribution in [1.82, 2.24) is 19.9 Å². The third kappa shape index (κ3) is 4.41. The maximum atomic E-state index is 13.7. The number of nitrogens with zero attached hydrogens (tertiary/aromatic N) is 4. The number of piperidine rings is 1. The van der Waals surface area contributed by atoms with Crippen LogP contribution in [0.25, 0.3) is 11.5 Å². The Morgan fingerprint density at radius 3 is 2.87 bits per heavy atom. The summed E-state index contributed by atoms with van der Waals surface area (Å²) >= 11 is 1.61. The SMILES string of the molecule is C=C/C(F)=C\C1=C(/C)CC(=O)N2C[C@@H](c3nc(-c4ncccn4)cs3)CC[C@H]2CC1. The Morgan fingerprint density at radius 1 is 1.30 bits per heavy atom. The molecule has 2 aliphatic heterocycles. The standard InChI is InChI=1S/C23H25FN4OS/c1-3-18(24)12-16-5-7-19-8-6-17(13-28(19)21(29)11-15(16)2)23-27-20(14-30-23)22-25-9-4-10-26-22/h3-4,9-10,12,14,17,19H,1,5-8,11,13H2,2H3/b16-15+,18-12+/t17-,19+/m0/s1. The molecule has 0 N–H and O–H groups in total. The highest BCUT2D eigenvalue weighted by molar-refractivity contribution is 7.10. The number of carbonyl (C=O) groups is 1. The van der Waals surface area contributed by atoms with Gasteiger partial charge in [-0.25, -0.2) is 19.3 Å². The van der Waals surface area contributed by atoms with Crippen LogP contribution in [0.3, 0.4) is 0 Å². The number of rotatable bonds is 4. The minimum absolute atomic E-state index is 0.120. The normalized spacial score (nSPS) is 25.5. The van der Waals surface area contributed by atoms with Gasteiger partial charge in [-0.3, -0.25) is 4.79 Å². The largest absolute Gasteiger partial charge is 0.339 e. The number of fused-ring (bicyclic) bond motifs is 1. The molecule has 2 aliphatic rings. The second kappa shape index (κ2) is 9.00. The van der Waals surface area contributed by atoms with Gasteiger partial charge >= 0.3 is 0 Å². The molecule has 2 atom stereocenters. The Labute approximate surface area is 180 Å². The molecular formula is C23H25FN4OS. The first-order chi connectivity index (χ1) is 14.5. The Hall–Kier alpha value is -2.67. The number of hydrogen-bond donors (Lipinski definition) is 0. The molecule has 7 heteroatoms. The van der Waals surface area contributed by atoms with E-state index < -0.39 is 0 Å². The molecular weight excluding hydrogens is 399 g/mol. The number of halogens is 1. The first-order valence-electron chi connectivity index (χ1n) is 10.3. The molecule has 30 heavy (non-hydrogen) atoms. The van der Waals surface area contributed by atoms with Crippen LogP contribution in [-0.2, 0) is 4.79 Å². The van der Waals surface area contributed by atoms with Crippen molar-refractivity contribution in [1.29, 1.82) is 0 Å². The molecule has 0 radical (unpaired) electrons. The smallest absolute Gasteiger partial charge is 0.226 e. The highest BCUT2D eigenvalue weighted by Gasteiger charge is 2.34. The van der Waals surface area contributed by atoms with Gasteiger partial charge in [0.15, 0.2) is 5.82 Å². The van der Waals surface area contributed by atoms with Gasteiger partial charge in [0.05, 0.1) is 5.01 Å². The molecule has 1 fully saturated rings. The molecule has 5 nitrogen and oxygen atoms in total. The second-order valence-corrected chi connectivity index (χ2v) is 8.76. The molecule has 156 valence electrons. The van der Waals surface area contributed by atoms with E-state index in [4.69, 9.17) is 4.98 Å². The summed E-state index contributed by atoms with van der Waals surface area (Å²) in [4.78, 5) is 28.4. The predicted molar refractivity (Wildman–Crippen MR) is 117 cm³/mol. The summed E-state index contributed by atoms with van der Waals surface area (Å²) in [5, 5.41) is 3.03. The fraction of sp³-hybridized carbons (Fsp3) is 0.391. The van der Waals surface area contributed by atoms with E-state index in [9.17, 15) is 9.18 Å². The van der Waals surface area contributed by atoms with E-state index in [1.54, 1.807) is 29.8 Å². The minimum atomic E-state index is -0.347. The maximum Gasteiger partial charge on any atom is 0.226 e. The molecule has 0 bridgehead atoms. The van der Waals surface area contributed by atoms with Crippen LogP contribution in [0.4, 0.5) is 4.39 Å². The van der Waals surface area contributed by atoms with Crippen LogP contribution >= 0.6 is 11.3 Å². The van der Waals surface area contributed by atoms with E-state index in [1.165, 1.54) is 12.2 Å². The predicted octanol–water partition coefficient (Wildman–Crippen LogP) is 5.21. The van der Waals surface area contributed by atoms with Gasteiger partial charge < -0.3 is 4.90 Å². The molecule has 0 spiro atoms. The van der Waals surface area contributed by atoms with Gasteiger partial charge in [-0.1, -0.05) is 12.2 Å². The zero-order valence-corrected chi connectivity index (χ0v) is 17.9. The molecule has 2 aromatic rings. The molecule has 0 aromatic carbocycles. The lowest BCUT2D eigenvalue weighted by atomic mass is 9.86. The summed E-state index contributed by atoms with van der Waals surface area (Å²) < 4.78 is 13.7. The molecule has 0 aliphatic carbocycles. The Morgan fingerprint density at radius 2 is 2.10 bits per heavy atom. The van der Waals surface area contributed by atoms with Gasteiger partial charge in [0.25, 0.3) is 0 Å². The quantitative estimate of drug-likeness (QED) is 0.632. The monoisotopic (exact) mass is 424 g/mol. The summed E-state index contributed by atoms with van der Waals surface area (Å²) in [5.74, 6) is 0.632. The van der Waals surface area contributed by atoms with Crippen LogP contribution in [0.2, 0.25) is 0 Å². The fourth-order valence-electron chi connectivity index (χ4n) is 4.24. The number of hydrogen-bond acceptors (Lipinski definition) is 5. The third-order valence-electron chi connectivity index (χ3n) is 5.91. The zero-order chi connectivity index (χ0) is 21.1. The van der Waals surface area contributed by atoms with Crippen LogP contribution < -0.4 is 0 Å². The van der Waals surface area contributed by atoms with Gasteiger partial charge in [0, 0.05) is 42.7 Å². The minimum Gasteiger partial charge on any atom is -0.339 e. The van der Waals surface area contributed by atoms with E-state index in [-0.39, 0.29) is 23.7 Å². The fourth-order valence-corrected chi connectivity index (χ4v) is 5.17. The van der Waals surface area contributed by atoms with Crippen LogP contribution in [0, 0.1) is 0 Å². The highest BCUT2D eigenvalue weighted by Crippen LogP contribution is 2.37. The number of allylic oxidation sites excluding steroid dienone is 4. The molecule has 1 saturated heterocycles. The summed E-state index contributed by atoms with van der Waals surface area (Å²) in [5.41, 5.74) is 2.65. The number of aromatic nitrogens is 3. The Kier molecular flexibility index (Phi) is 6.18. The summed E-state index contributed by atoms with van der Waals surface area (Å²) in [6.45, 7) is 6.09. The lowest BCUT2D eigenvalue weighted by Gasteiger charge is -2.40. The Bertz CT molecular complexity index is 998. The van der Waals surface area contributed by atoms with E-state index in [0.717, 1.165) is 47.5 Å². The molecule has 0 unspecified atom stereocenters. The maximum absolute atomic E-state index is 13.7. The van der Waals surface area contributed by atoms with Crippen molar-refractivity contribution in [2.75, 3.05) is 6.54 Å². The lowest BCUT2D eigenvalue weighted by molar-refractivity contribution is -0.134. The second-order valence-electron chi connectivity index (χ2n) is 7.87. The van der Waals surface area contributed by atoms with E-state index >= 15 is 0 Å². The summed E-state index contributed by atoms with van der Waals surface area (Å²) in [6, 6.07) is 1.99.